The lowest BCUT2D eigenvalue weighted by molar-refractivity contribution is -0.302. The van der Waals surface area contributed by atoms with E-state index in [2.05, 4.69) is 19.2 Å². The zero-order valence-electron chi connectivity index (χ0n) is 31.7. The van der Waals surface area contributed by atoms with Gasteiger partial charge in [-0.2, -0.15) is 0 Å². The molecule has 292 valence electrons. The van der Waals surface area contributed by atoms with Gasteiger partial charge in [-0.1, -0.05) is 174 Å². The Morgan fingerprint density at radius 3 is 1.45 bits per heavy atom. The lowest BCUT2D eigenvalue weighted by Crippen LogP contribution is -2.60. The van der Waals surface area contributed by atoms with E-state index in [1.165, 1.54) is 128 Å². The smallest absolute Gasteiger partial charge is 0.220 e. The van der Waals surface area contributed by atoms with Crippen LogP contribution in [0.2, 0.25) is 0 Å². The van der Waals surface area contributed by atoms with Crippen molar-refractivity contribution in [3.8, 4) is 0 Å². The number of unbranched alkanes of at least 4 members (excludes halogenated alkanes) is 24. The van der Waals surface area contributed by atoms with Gasteiger partial charge in [-0.15, -0.1) is 0 Å². The normalized spacial score (nSPS) is 22.3. The number of rotatable bonds is 34. The number of nitrogens with one attached hydrogen (secondary N) is 1. The van der Waals surface area contributed by atoms with Gasteiger partial charge in [0.1, 0.15) is 24.4 Å². The summed E-state index contributed by atoms with van der Waals surface area (Å²) in [4.78, 5) is 12.9. The minimum Gasteiger partial charge on any atom is -0.394 e. The quantitative estimate of drug-likeness (QED) is 0.0376. The van der Waals surface area contributed by atoms with Crippen LogP contribution < -0.4 is 5.32 Å². The van der Waals surface area contributed by atoms with E-state index in [0.29, 0.717) is 12.8 Å². The maximum absolute atomic E-state index is 12.9. The minimum atomic E-state index is -1.55. The van der Waals surface area contributed by atoms with E-state index in [1.807, 2.05) is 0 Å². The molecule has 2 unspecified atom stereocenters. The Labute approximate surface area is 300 Å². The second-order valence-corrected chi connectivity index (χ2v) is 14.8. The highest BCUT2D eigenvalue weighted by molar-refractivity contribution is 5.76. The molecule has 0 aromatic carbocycles. The summed E-state index contributed by atoms with van der Waals surface area (Å²) in [5, 5.41) is 54.0. The van der Waals surface area contributed by atoms with Crippen molar-refractivity contribution in [2.45, 2.75) is 236 Å². The molecule has 6 N–H and O–H groups in total. The van der Waals surface area contributed by atoms with Gasteiger partial charge in [0.25, 0.3) is 0 Å². The van der Waals surface area contributed by atoms with Gasteiger partial charge < -0.3 is 40.3 Å². The van der Waals surface area contributed by atoms with Crippen molar-refractivity contribution in [2.75, 3.05) is 13.2 Å². The summed E-state index contributed by atoms with van der Waals surface area (Å²) in [6, 6.07) is -0.709. The van der Waals surface area contributed by atoms with Gasteiger partial charge in [0.15, 0.2) is 6.29 Å². The van der Waals surface area contributed by atoms with Crippen molar-refractivity contribution in [3.63, 3.8) is 0 Å². The first-order chi connectivity index (χ1) is 23.8. The van der Waals surface area contributed by atoms with Gasteiger partial charge in [0.05, 0.1) is 25.4 Å². The van der Waals surface area contributed by atoms with Crippen LogP contribution >= 0.6 is 0 Å². The number of ether oxygens (including phenoxy) is 2. The summed E-state index contributed by atoms with van der Waals surface area (Å²) >= 11 is 0. The van der Waals surface area contributed by atoms with Crippen molar-refractivity contribution in [2.24, 2.45) is 0 Å². The molecule has 0 aromatic heterocycles. The number of hydrogen-bond donors (Lipinski definition) is 6. The molecular weight excluding hydrogens is 622 g/mol. The largest absolute Gasteiger partial charge is 0.394 e. The Balaban J connectivity index is 2.32. The van der Waals surface area contributed by atoms with Gasteiger partial charge >= 0.3 is 0 Å². The van der Waals surface area contributed by atoms with E-state index < -0.39 is 49.5 Å². The zero-order valence-corrected chi connectivity index (χ0v) is 31.7. The topological polar surface area (TPSA) is 149 Å². The summed E-state index contributed by atoms with van der Waals surface area (Å²) in [5.41, 5.74) is 0. The van der Waals surface area contributed by atoms with Crippen LogP contribution in [-0.2, 0) is 14.3 Å². The average molecular weight is 702 g/mol. The third-order valence-electron chi connectivity index (χ3n) is 10.2. The summed E-state index contributed by atoms with van der Waals surface area (Å²) in [5.74, 6) is -0.144. The lowest BCUT2D eigenvalue weighted by Gasteiger charge is -2.40. The van der Waals surface area contributed by atoms with Gasteiger partial charge in [-0.25, -0.2) is 0 Å². The molecule has 9 nitrogen and oxygen atoms in total. The highest BCUT2D eigenvalue weighted by atomic mass is 16.7. The Bertz CT molecular complexity index is 741. The summed E-state index contributed by atoms with van der Waals surface area (Å²) in [6.07, 6.45) is 25.4. The van der Waals surface area contributed by atoms with Crippen molar-refractivity contribution in [1.82, 2.24) is 5.32 Å². The average Bonchev–Trinajstić information content (AvgIpc) is 3.10. The molecule has 0 radical (unpaired) electrons. The number of amides is 1. The molecule has 1 rings (SSSR count). The number of hydrogen-bond acceptors (Lipinski definition) is 8. The molecule has 0 aromatic rings. The van der Waals surface area contributed by atoms with Gasteiger partial charge in [0, 0.05) is 6.42 Å². The van der Waals surface area contributed by atoms with Crippen LogP contribution in [0.25, 0.3) is 0 Å². The molecular formula is C40H79NO8. The van der Waals surface area contributed by atoms with Crippen LogP contribution in [0.15, 0.2) is 0 Å². The van der Waals surface area contributed by atoms with Crippen LogP contribution in [0.5, 0.6) is 0 Å². The number of aliphatic hydroxyl groups is 5. The summed E-state index contributed by atoms with van der Waals surface area (Å²) < 4.78 is 11.2. The second-order valence-electron chi connectivity index (χ2n) is 14.8. The van der Waals surface area contributed by atoms with Crippen LogP contribution in [0.4, 0.5) is 0 Å². The number of carbonyl (C=O) groups is 1. The summed E-state index contributed by atoms with van der Waals surface area (Å²) in [7, 11) is 0. The lowest BCUT2D eigenvalue weighted by atomic mass is 9.99. The maximum Gasteiger partial charge on any atom is 0.220 e. The predicted octanol–water partition coefficient (Wildman–Crippen LogP) is 7.61. The highest BCUT2D eigenvalue weighted by Gasteiger charge is 2.44. The maximum atomic E-state index is 12.9. The highest BCUT2D eigenvalue weighted by Crippen LogP contribution is 2.23. The van der Waals surface area contributed by atoms with E-state index in [4.69, 9.17) is 9.47 Å². The molecule has 7 atom stereocenters. The Hall–Kier alpha value is -0.810. The monoisotopic (exact) mass is 702 g/mol. The van der Waals surface area contributed by atoms with E-state index in [0.717, 1.165) is 38.5 Å². The molecule has 49 heavy (non-hydrogen) atoms. The Morgan fingerprint density at radius 2 is 1.02 bits per heavy atom. The third-order valence-corrected chi connectivity index (χ3v) is 10.2. The van der Waals surface area contributed by atoms with Crippen LogP contribution in [0.3, 0.4) is 0 Å². The molecule has 0 saturated carbocycles. The fourth-order valence-corrected chi connectivity index (χ4v) is 6.81. The predicted molar refractivity (Wildman–Crippen MR) is 198 cm³/mol. The molecule has 0 aliphatic carbocycles. The van der Waals surface area contributed by atoms with Crippen molar-refractivity contribution in [1.29, 1.82) is 0 Å². The number of aliphatic hydroxyl groups excluding tert-OH is 5. The zero-order chi connectivity index (χ0) is 36.0. The molecule has 1 amide bonds. The van der Waals surface area contributed by atoms with Crippen molar-refractivity contribution >= 4 is 5.91 Å². The Morgan fingerprint density at radius 1 is 0.612 bits per heavy atom. The van der Waals surface area contributed by atoms with Gasteiger partial charge in [0.2, 0.25) is 5.91 Å². The fraction of sp³-hybridized carbons (Fsp3) is 0.975. The number of carbonyl (C=O) groups excluding carboxylic acids is 1. The molecule has 1 saturated heterocycles. The standard InChI is InChI=1S/C40H79NO8/c1-3-5-7-9-11-13-14-15-16-17-18-19-20-22-24-26-28-30-36(44)41-33(34(43)29-27-25-23-21-12-10-8-6-4-2)32-48-40-39(47)38(46)37(45)35(31-42)49-40/h33-35,37-40,42-43,45-47H,3-32H2,1-2H3,(H,41,44)/t33-,34+,35+,37-,38?,39?,40+/m0/s1. The molecule has 0 spiro atoms. The van der Waals surface area contributed by atoms with E-state index in [9.17, 15) is 30.3 Å². The molecule has 1 fully saturated rings. The van der Waals surface area contributed by atoms with Gasteiger partial charge in [-0.05, 0) is 12.8 Å². The fourth-order valence-electron chi connectivity index (χ4n) is 6.81. The second kappa shape index (κ2) is 31.9. The molecule has 9 heteroatoms. The summed E-state index contributed by atoms with van der Waals surface area (Å²) in [6.45, 7) is 3.81. The van der Waals surface area contributed by atoms with Crippen molar-refractivity contribution in [3.05, 3.63) is 0 Å². The van der Waals surface area contributed by atoms with Crippen LogP contribution in [0, 0.1) is 0 Å². The van der Waals surface area contributed by atoms with Crippen molar-refractivity contribution < 1.29 is 39.8 Å². The van der Waals surface area contributed by atoms with Gasteiger partial charge in [-0.3, -0.25) is 4.79 Å². The first-order valence-electron chi connectivity index (χ1n) is 20.7. The molecule has 1 heterocycles. The van der Waals surface area contributed by atoms with E-state index in [-0.39, 0.29) is 12.5 Å². The molecule has 1 aliphatic rings. The molecule has 1 aliphatic heterocycles. The van der Waals surface area contributed by atoms with E-state index >= 15 is 0 Å². The molecule has 0 bridgehead atoms. The third kappa shape index (κ3) is 23.4. The Kier molecular flexibility index (Phi) is 30.1. The minimum absolute atomic E-state index is 0.133. The van der Waals surface area contributed by atoms with E-state index in [1.54, 1.807) is 0 Å². The van der Waals surface area contributed by atoms with Crippen LogP contribution in [0.1, 0.15) is 194 Å². The SMILES string of the molecule is CCCCCCCCCCCCCCCCCCCC(=O)N[C@@H](CO[C@@H]1O[C@H](CO)[C@H](O)C(O)C1O)[C@H](O)CCCCCCCCCCC. The first-order valence-corrected chi connectivity index (χ1v) is 20.7. The van der Waals surface area contributed by atoms with Crippen LogP contribution in [-0.4, -0.2) is 87.5 Å². The first kappa shape index (κ1) is 46.2.